The van der Waals surface area contributed by atoms with Crippen LogP contribution in [0, 0.1) is 11.8 Å². The number of hydrogen-bond donors (Lipinski definition) is 3. The molecule has 7 nitrogen and oxygen atoms in total. The van der Waals surface area contributed by atoms with E-state index in [2.05, 4.69) is 48.0 Å². The van der Waals surface area contributed by atoms with Crippen LogP contribution >= 0.6 is 0 Å². The second kappa shape index (κ2) is 14.2. The lowest BCUT2D eigenvalue weighted by Crippen LogP contribution is -2.44. The molecular weight excluding hydrogens is 526 g/mol. The molecule has 0 radical (unpaired) electrons. The molecule has 0 bridgehead atoms. The molecule has 0 unspecified atom stereocenters. The summed E-state index contributed by atoms with van der Waals surface area (Å²) in [6, 6.07) is 27.2. The molecule has 0 spiro atoms. The quantitative estimate of drug-likeness (QED) is 0.182. The summed E-state index contributed by atoms with van der Waals surface area (Å²) >= 11 is 0. The smallest absolute Gasteiger partial charge is 0.244 e. The van der Waals surface area contributed by atoms with Crippen LogP contribution in [0.2, 0.25) is 0 Å². The molecule has 0 aliphatic carbocycles. The summed E-state index contributed by atoms with van der Waals surface area (Å²) in [5, 5.41) is 25.0. The third-order valence-corrected chi connectivity index (χ3v) is 7.47. The first-order valence-electron chi connectivity index (χ1n) is 14.3. The summed E-state index contributed by atoms with van der Waals surface area (Å²) in [4.78, 5) is 21.6. The Morgan fingerprint density at radius 2 is 1.74 bits per heavy atom. The molecule has 0 saturated carbocycles. The Bertz CT molecular complexity index is 1420. The van der Waals surface area contributed by atoms with Crippen molar-refractivity contribution in [3.05, 3.63) is 113 Å². The number of para-hydroxylation sites is 1. The third kappa shape index (κ3) is 7.80. The number of carbonyl (C=O) groups excluding carboxylic acids is 1. The topological polar surface area (TPSA) is 85.3 Å². The zero-order chi connectivity index (χ0) is 30.1. The third-order valence-electron chi connectivity index (χ3n) is 7.47. The highest BCUT2D eigenvalue weighted by Crippen LogP contribution is 2.31. The van der Waals surface area contributed by atoms with Crippen LogP contribution in [0.1, 0.15) is 43.9 Å². The summed E-state index contributed by atoms with van der Waals surface area (Å²) in [6.45, 7) is 6.87. The number of aliphatic hydroxyl groups excluding tert-OH is 2. The van der Waals surface area contributed by atoms with Gasteiger partial charge >= 0.3 is 0 Å². The molecule has 3 N–H and O–H groups in total. The van der Waals surface area contributed by atoms with Gasteiger partial charge in [-0.15, -0.1) is 0 Å². The molecule has 1 heterocycles. The molecule has 2 atom stereocenters. The molecule has 4 rings (SSSR count). The van der Waals surface area contributed by atoms with Crippen molar-refractivity contribution in [1.29, 1.82) is 0 Å². The van der Waals surface area contributed by atoms with Crippen LogP contribution in [-0.2, 0) is 21.6 Å². The maximum atomic E-state index is 13.5. The van der Waals surface area contributed by atoms with Gasteiger partial charge in [-0.1, -0.05) is 72.5 Å². The number of rotatable bonds is 10. The van der Waals surface area contributed by atoms with E-state index in [-0.39, 0.29) is 30.2 Å². The lowest BCUT2D eigenvalue weighted by molar-refractivity contribution is -0.181. The van der Waals surface area contributed by atoms with E-state index in [1.807, 2.05) is 79.8 Å². The Morgan fingerprint density at radius 1 is 1.05 bits per heavy atom. The summed E-state index contributed by atoms with van der Waals surface area (Å²) in [5.74, 6) is 6.39. The number of benzene rings is 3. The van der Waals surface area contributed by atoms with Crippen molar-refractivity contribution in [3.63, 3.8) is 0 Å². The summed E-state index contributed by atoms with van der Waals surface area (Å²) < 4.78 is 0. The largest absolute Gasteiger partial charge is 0.512 e. The molecule has 7 heteroatoms. The second-order valence-electron chi connectivity index (χ2n) is 11.1. The van der Waals surface area contributed by atoms with Gasteiger partial charge in [-0.25, -0.2) is 0 Å². The van der Waals surface area contributed by atoms with E-state index in [1.54, 1.807) is 5.06 Å². The van der Waals surface area contributed by atoms with Crippen LogP contribution in [-0.4, -0.2) is 60.1 Å². The van der Waals surface area contributed by atoms with Crippen molar-refractivity contribution < 1.29 is 19.8 Å². The van der Waals surface area contributed by atoms with Gasteiger partial charge in [-0.05, 0) is 62.6 Å². The molecule has 1 aliphatic heterocycles. The Balaban J connectivity index is 1.45. The minimum absolute atomic E-state index is 0.0247. The summed E-state index contributed by atoms with van der Waals surface area (Å²) in [5.41, 5.74) is 4.07. The number of allylic oxidation sites excluding steroid dienone is 1. The first kappa shape index (κ1) is 30.9. The average Bonchev–Trinajstić information content (AvgIpc) is 3.38. The molecule has 3 aromatic carbocycles. The molecule has 1 aliphatic rings. The lowest BCUT2D eigenvalue weighted by Gasteiger charge is -2.23. The van der Waals surface area contributed by atoms with E-state index >= 15 is 0 Å². The fourth-order valence-electron chi connectivity index (χ4n) is 5.09. The standard InChI is InChI=1S/C35H41N3O4/c1-26(40)32-31(25-39)42-38(33(32)34(41)36-21-12-22-37(4)30-17-9-6-10-18-30)24-28-14-11-13-27(23-28)19-20-35(2,3)29-15-7-5-8-16-29/h5-11,13-18,23,31,33,39-40H,12,21-22,24-25H2,1-4H3,(H,36,41)/b32-26+/t31-,33-/m1/s1. The maximum absolute atomic E-state index is 13.5. The second-order valence-corrected chi connectivity index (χ2v) is 11.1. The molecule has 1 fully saturated rings. The number of nitrogens with one attached hydrogen (secondary N) is 1. The number of carbonyl (C=O) groups is 1. The van der Waals surface area contributed by atoms with Gasteiger partial charge in [0.25, 0.3) is 0 Å². The number of aliphatic hydroxyl groups is 2. The predicted octanol–water partition coefficient (Wildman–Crippen LogP) is 4.97. The van der Waals surface area contributed by atoms with Crippen LogP contribution in [0.4, 0.5) is 5.69 Å². The van der Waals surface area contributed by atoms with E-state index in [0.717, 1.165) is 35.3 Å². The fourth-order valence-corrected chi connectivity index (χ4v) is 5.09. The number of nitrogens with zero attached hydrogens (tertiary/aromatic N) is 2. The average molecular weight is 568 g/mol. The van der Waals surface area contributed by atoms with E-state index in [9.17, 15) is 15.0 Å². The van der Waals surface area contributed by atoms with Crippen LogP contribution in [0.15, 0.2) is 96.3 Å². The molecule has 1 saturated heterocycles. The van der Waals surface area contributed by atoms with Gasteiger partial charge < -0.3 is 20.4 Å². The van der Waals surface area contributed by atoms with Crippen molar-refractivity contribution in [3.8, 4) is 11.8 Å². The van der Waals surface area contributed by atoms with Crippen LogP contribution in [0.25, 0.3) is 0 Å². The van der Waals surface area contributed by atoms with Crippen LogP contribution in [0.3, 0.4) is 0 Å². The van der Waals surface area contributed by atoms with Gasteiger partial charge in [0.15, 0.2) is 0 Å². The van der Waals surface area contributed by atoms with Gasteiger partial charge in [-0.3, -0.25) is 9.63 Å². The van der Waals surface area contributed by atoms with Crippen molar-refractivity contribution in [1.82, 2.24) is 10.4 Å². The Morgan fingerprint density at radius 3 is 2.40 bits per heavy atom. The van der Waals surface area contributed by atoms with Gasteiger partial charge in [0.1, 0.15) is 12.1 Å². The lowest BCUT2D eigenvalue weighted by atomic mass is 9.85. The molecule has 1 amide bonds. The summed E-state index contributed by atoms with van der Waals surface area (Å²) in [7, 11) is 2.02. The first-order chi connectivity index (χ1) is 20.2. The molecule has 0 aromatic heterocycles. The highest BCUT2D eigenvalue weighted by atomic mass is 16.7. The molecule has 220 valence electrons. The van der Waals surface area contributed by atoms with Gasteiger partial charge in [0.2, 0.25) is 5.91 Å². The molecule has 3 aromatic rings. The van der Waals surface area contributed by atoms with Gasteiger partial charge in [0, 0.05) is 37.0 Å². The SMILES string of the molecule is C/C(O)=C1/[C@@H](CO)ON(Cc2cccc(C#CC(C)(C)c3ccccc3)c2)[C@H]1C(=O)NCCCN(C)c1ccccc1. The van der Waals surface area contributed by atoms with E-state index < -0.39 is 12.1 Å². The number of hydroxylamine groups is 2. The Hall–Kier alpha value is -4.09. The van der Waals surface area contributed by atoms with Crippen LogP contribution < -0.4 is 10.2 Å². The minimum Gasteiger partial charge on any atom is -0.512 e. The predicted molar refractivity (Wildman–Crippen MR) is 167 cm³/mol. The fraction of sp³-hybridized carbons (Fsp3) is 0.343. The van der Waals surface area contributed by atoms with Crippen molar-refractivity contribution in [2.24, 2.45) is 0 Å². The van der Waals surface area contributed by atoms with Crippen molar-refractivity contribution in [2.75, 3.05) is 31.6 Å². The first-order valence-corrected chi connectivity index (χ1v) is 14.3. The van der Waals surface area contributed by atoms with E-state index in [0.29, 0.717) is 12.1 Å². The van der Waals surface area contributed by atoms with E-state index in [4.69, 9.17) is 4.84 Å². The zero-order valence-electron chi connectivity index (χ0n) is 24.9. The number of anilines is 1. The molecule has 42 heavy (non-hydrogen) atoms. The van der Waals surface area contributed by atoms with Crippen molar-refractivity contribution in [2.45, 2.75) is 51.3 Å². The Labute approximate surface area is 249 Å². The highest BCUT2D eigenvalue weighted by Gasteiger charge is 2.44. The van der Waals surface area contributed by atoms with Crippen molar-refractivity contribution >= 4 is 11.6 Å². The highest BCUT2D eigenvalue weighted by molar-refractivity contribution is 5.85. The maximum Gasteiger partial charge on any atom is 0.244 e. The minimum atomic E-state index is -0.870. The Kier molecular flexibility index (Phi) is 10.4. The zero-order valence-corrected chi connectivity index (χ0v) is 24.9. The summed E-state index contributed by atoms with van der Waals surface area (Å²) in [6.07, 6.45) is -0.0599. The van der Waals surface area contributed by atoms with Gasteiger partial charge in [0.05, 0.1) is 24.3 Å². The number of amides is 1. The van der Waals surface area contributed by atoms with E-state index in [1.165, 1.54) is 6.92 Å². The normalized spacial score (nSPS) is 18.2. The number of hydrogen-bond acceptors (Lipinski definition) is 6. The molecular formula is C35H41N3O4. The monoisotopic (exact) mass is 567 g/mol. The van der Waals surface area contributed by atoms with Crippen LogP contribution in [0.5, 0.6) is 0 Å². The van der Waals surface area contributed by atoms with Gasteiger partial charge in [-0.2, -0.15) is 5.06 Å².